The Balaban J connectivity index is 1.95. The lowest BCUT2D eigenvalue weighted by atomic mass is 10.0. The maximum Gasteiger partial charge on any atom is 0.181 e. The maximum atomic E-state index is 5.78. The number of benzene rings is 1. The molecule has 3 aromatic rings. The predicted molar refractivity (Wildman–Crippen MR) is 115 cm³/mol. The van der Waals surface area contributed by atoms with Crippen molar-refractivity contribution < 1.29 is 4.74 Å². The summed E-state index contributed by atoms with van der Waals surface area (Å²) in [6, 6.07) is 16.6. The van der Waals surface area contributed by atoms with Gasteiger partial charge >= 0.3 is 0 Å². The summed E-state index contributed by atoms with van der Waals surface area (Å²) in [5.41, 5.74) is 4.60. The molecule has 2 aromatic heterocycles. The molecule has 0 aliphatic rings. The molecule has 28 heavy (non-hydrogen) atoms. The topological polar surface area (TPSA) is 35.2 Å². The minimum Gasteiger partial charge on any atom is -0.383 e. The smallest absolute Gasteiger partial charge is 0.181 e. The number of nitrogens with zero attached hydrogens (tertiary/aromatic N) is 4. The lowest BCUT2D eigenvalue weighted by Crippen LogP contribution is -2.29. The Hall–Kier alpha value is -2.28. The molecule has 0 amide bonds. The molecule has 0 aliphatic carbocycles. The second-order valence-electron chi connectivity index (χ2n) is 6.99. The van der Waals surface area contributed by atoms with Crippen molar-refractivity contribution in [2.45, 2.75) is 33.1 Å². The first-order valence-corrected chi connectivity index (χ1v) is 9.87. The van der Waals surface area contributed by atoms with E-state index in [-0.39, 0.29) is 6.04 Å². The zero-order chi connectivity index (χ0) is 20.1. The van der Waals surface area contributed by atoms with Gasteiger partial charge in [-0.2, -0.15) is 0 Å². The van der Waals surface area contributed by atoms with Gasteiger partial charge in [0.1, 0.15) is 0 Å². The molecule has 0 fully saturated rings. The van der Waals surface area contributed by atoms with E-state index in [9.17, 15) is 0 Å². The van der Waals surface area contributed by atoms with Gasteiger partial charge in [-0.05, 0) is 50.8 Å². The van der Waals surface area contributed by atoms with Crippen LogP contribution < -0.4 is 0 Å². The van der Waals surface area contributed by atoms with Crippen LogP contribution in [-0.4, -0.2) is 39.8 Å². The summed E-state index contributed by atoms with van der Waals surface area (Å²) in [5, 5.41) is 0. The zero-order valence-electron chi connectivity index (χ0n) is 17.0. The van der Waals surface area contributed by atoms with Gasteiger partial charge in [0.15, 0.2) is 4.77 Å². The number of aromatic nitrogens is 3. The van der Waals surface area contributed by atoms with Crippen LogP contribution in [0.5, 0.6) is 0 Å². The Bertz CT molecular complexity index is 910. The first-order valence-electron chi connectivity index (χ1n) is 9.46. The SMILES string of the molecule is COCCn1c(C)c(C)n(CN(C)C(c2ccccc2)c2ccccn2)c1=S. The van der Waals surface area contributed by atoms with Crippen LogP contribution in [0.1, 0.15) is 28.7 Å². The normalized spacial score (nSPS) is 12.5. The predicted octanol–water partition coefficient (Wildman–Crippen LogP) is 4.36. The van der Waals surface area contributed by atoms with Crippen LogP contribution in [0.2, 0.25) is 0 Å². The molecule has 0 bridgehead atoms. The minimum atomic E-state index is 0.0475. The molecule has 0 N–H and O–H groups in total. The number of hydrogen-bond acceptors (Lipinski definition) is 4. The maximum absolute atomic E-state index is 5.78. The molecule has 0 radical (unpaired) electrons. The van der Waals surface area contributed by atoms with Gasteiger partial charge in [-0.25, -0.2) is 0 Å². The fraction of sp³-hybridized carbons (Fsp3) is 0.364. The Morgan fingerprint density at radius 1 is 1.04 bits per heavy atom. The van der Waals surface area contributed by atoms with Crippen LogP contribution in [-0.2, 0) is 18.0 Å². The summed E-state index contributed by atoms with van der Waals surface area (Å²) < 4.78 is 10.4. The third kappa shape index (κ3) is 4.24. The molecule has 2 heterocycles. The molecular weight excluding hydrogens is 368 g/mol. The van der Waals surface area contributed by atoms with E-state index in [4.69, 9.17) is 17.0 Å². The zero-order valence-corrected chi connectivity index (χ0v) is 17.8. The van der Waals surface area contributed by atoms with E-state index in [0.717, 1.165) is 17.0 Å². The van der Waals surface area contributed by atoms with Crippen molar-refractivity contribution in [2.75, 3.05) is 20.8 Å². The number of pyridine rings is 1. The van der Waals surface area contributed by atoms with Crippen LogP contribution in [0.15, 0.2) is 54.7 Å². The standard InChI is InChI=1S/C22H28N4OS/c1-17-18(2)26(22(28)25(17)14-15-27-4)16-24(3)21(19-10-6-5-7-11-19)20-12-8-9-13-23-20/h5-13,21H,14-16H2,1-4H3. The van der Waals surface area contributed by atoms with Gasteiger partial charge in [0, 0.05) is 31.2 Å². The summed E-state index contributed by atoms with van der Waals surface area (Å²) in [4.78, 5) is 6.92. The molecule has 5 nitrogen and oxygen atoms in total. The Labute approximate surface area is 172 Å². The van der Waals surface area contributed by atoms with E-state index in [0.29, 0.717) is 13.3 Å². The van der Waals surface area contributed by atoms with Crippen LogP contribution >= 0.6 is 12.2 Å². The molecule has 1 unspecified atom stereocenters. The fourth-order valence-electron chi connectivity index (χ4n) is 3.56. The van der Waals surface area contributed by atoms with Gasteiger partial charge < -0.3 is 13.9 Å². The number of imidazole rings is 1. The molecule has 3 rings (SSSR count). The van der Waals surface area contributed by atoms with Crippen molar-refractivity contribution in [2.24, 2.45) is 0 Å². The van der Waals surface area contributed by atoms with Gasteiger partial charge in [0.25, 0.3) is 0 Å². The third-order valence-electron chi connectivity index (χ3n) is 5.20. The summed E-state index contributed by atoms with van der Waals surface area (Å²) in [6.45, 7) is 6.34. The molecule has 0 saturated carbocycles. The quantitative estimate of drug-likeness (QED) is 0.530. The summed E-state index contributed by atoms with van der Waals surface area (Å²) in [6.07, 6.45) is 1.85. The van der Waals surface area contributed by atoms with Gasteiger partial charge in [0.05, 0.1) is 25.0 Å². The number of methoxy groups -OCH3 is 1. The van der Waals surface area contributed by atoms with E-state index in [1.165, 1.54) is 17.0 Å². The molecule has 0 saturated heterocycles. The van der Waals surface area contributed by atoms with Crippen LogP contribution in [0.3, 0.4) is 0 Å². The van der Waals surface area contributed by atoms with Crippen molar-refractivity contribution in [1.29, 1.82) is 0 Å². The Morgan fingerprint density at radius 2 is 1.71 bits per heavy atom. The first-order chi connectivity index (χ1) is 13.5. The van der Waals surface area contributed by atoms with Gasteiger partial charge in [-0.3, -0.25) is 9.88 Å². The van der Waals surface area contributed by atoms with E-state index < -0.39 is 0 Å². The van der Waals surface area contributed by atoms with E-state index in [2.05, 4.69) is 70.2 Å². The molecule has 0 spiro atoms. The highest BCUT2D eigenvalue weighted by Crippen LogP contribution is 2.27. The monoisotopic (exact) mass is 396 g/mol. The summed E-state index contributed by atoms with van der Waals surface area (Å²) in [5.74, 6) is 0. The van der Waals surface area contributed by atoms with Crippen LogP contribution in [0.25, 0.3) is 0 Å². The van der Waals surface area contributed by atoms with Crippen LogP contribution in [0, 0.1) is 18.6 Å². The van der Waals surface area contributed by atoms with Crippen molar-refractivity contribution in [3.05, 3.63) is 82.1 Å². The highest BCUT2D eigenvalue weighted by Gasteiger charge is 2.22. The number of hydrogen-bond donors (Lipinski definition) is 0. The van der Waals surface area contributed by atoms with Crippen molar-refractivity contribution in [3.8, 4) is 0 Å². The van der Waals surface area contributed by atoms with E-state index >= 15 is 0 Å². The van der Waals surface area contributed by atoms with Crippen LogP contribution in [0.4, 0.5) is 0 Å². The first kappa shape index (κ1) is 20.5. The molecule has 1 aromatic carbocycles. The van der Waals surface area contributed by atoms with Gasteiger partial charge in [0.2, 0.25) is 0 Å². The average molecular weight is 397 g/mol. The molecule has 6 heteroatoms. The molecule has 0 aliphatic heterocycles. The fourth-order valence-corrected chi connectivity index (χ4v) is 3.99. The Morgan fingerprint density at radius 3 is 2.36 bits per heavy atom. The summed E-state index contributed by atoms with van der Waals surface area (Å²) >= 11 is 5.78. The third-order valence-corrected chi connectivity index (χ3v) is 5.64. The van der Waals surface area contributed by atoms with Crippen molar-refractivity contribution in [1.82, 2.24) is 19.0 Å². The second-order valence-corrected chi connectivity index (χ2v) is 7.36. The molecule has 1 atom stereocenters. The second kappa shape index (κ2) is 9.28. The van der Waals surface area contributed by atoms with Crippen molar-refractivity contribution >= 4 is 12.2 Å². The largest absolute Gasteiger partial charge is 0.383 e. The molecular formula is C22H28N4OS. The van der Waals surface area contributed by atoms with Gasteiger partial charge in [-0.1, -0.05) is 36.4 Å². The number of ether oxygens (including phenoxy) is 1. The lowest BCUT2D eigenvalue weighted by molar-refractivity contribution is 0.184. The van der Waals surface area contributed by atoms with E-state index in [1.54, 1.807) is 7.11 Å². The minimum absolute atomic E-state index is 0.0475. The highest BCUT2D eigenvalue weighted by molar-refractivity contribution is 7.71. The lowest BCUT2D eigenvalue weighted by Gasteiger charge is -2.29. The Kier molecular flexibility index (Phi) is 6.78. The average Bonchev–Trinajstić information content (AvgIpc) is 2.91. The summed E-state index contributed by atoms with van der Waals surface area (Å²) in [7, 11) is 3.84. The highest BCUT2D eigenvalue weighted by atomic mass is 32.1. The molecule has 148 valence electrons. The van der Waals surface area contributed by atoms with E-state index in [1.807, 2.05) is 24.4 Å². The number of rotatable bonds is 8. The van der Waals surface area contributed by atoms with Gasteiger partial charge in [-0.15, -0.1) is 0 Å². The van der Waals surface area contributed by atoms with Crippen molar-refractivity contribution in [3.63, 3.8) is 0 Å².